The molecule has 30 heavy (non-hydrogen) atoms. The first-order chi connectivity index (χ1) is 14.5. The molecule has 7 nitrogen and oxygen atoms in total. The van der Waals surface area contributed by atoms with E-state index >= 15 is 0 Å². The second kappa shape index (κ2) is 8.27. The molecule has 1 aromatic heterocycles. The van der Waals surface area contributed by atoms with Crippen molar-refractivity contribution in [3.05, 3.63) is 81.6 Å². The van der Waals surface area contributed by atoms with E-state index in [0.29, 0.717) is 39.9 Å². The number of nitrogens with one attached hydrogen (secondary N) is 2. The zero-order valence-corrected chi connectivity index (χ0v) is 17.6. The van der Waals surface area contributed by atoms with Crippen LogP contribution in [0, 0.1) is 5.82 Å². The minimum Gasteiger partial charge on any atom is -0.465 e. The van der Waals surface area contributed by atoms with Crippen LogP contribution in [0.25, 0.3) is 0 Å². The smallest absolute Gasteiger partial charge is 0.337 e. The lowest BCUT2D eigenvalue weighted by Crippen LogP contribution is -2.43. The predicted molar refractivity (Wildman–Crippen MR) is 112 cm³/mol. The van der Waals surface area contributed by atoms with Gasteiger partial charge in [0, 0.05) is 34.4 Å². The highest BCUT2D eigenvalue weighted by Crippen LogP contribution is 2.35. The van der Waals surface area contributed by atoms with Crippen molar-refractivity contribution in [2.75, 3.05) is 19.0 Å². The van der Waals surface area contributed by atoms with E-state index in [0.717, 1.165) is 5.69 Å². The Balaban J connectivity index is 1.63. The highest BCUT2D eigenvalue weighted by molar-refractivity contribution is 9.10. The van der Waals surface area contributed by atoms with Crippen LogP contribution in [-0.4, -0.2) is 40.5 Å². The summed E-state index contributed by atoms with van der Waals surface area (Å²) in [5.41, 5.74) is 2.76. The lowest BCUT2D eigenvalue weighted by atomic mass is 9.95. The lowest BCUT2D eigenvalue weighted by Gasteiger charge is -2.35. The van der Waals surface area contributed by atoms with E-state index in [-0.39, 0.29) is 6.03 Å². The summed E-state index contributed by atoms with van der Waals surface area (Å²) in [5.74, 6) is -0.883. The number of benzene rings is 2. The van der Waals surface area contributed by atoms with Crippen molar-refractivity contribution in [2.24, 2.45) is 0 Å². The Hall–Kier alpha value is -3.20. The average molecular weight is 473 g/mol. The number of halogens is 2. The van der Waals surface area contributed by atoms with Crippen molar-refractivity contribution >= 4 is 33.6 Å². The lowest BCUT2D eigenvalue weighted by molar-refractivity contribution is 0.0600. The molecule has 0 spiro atoms. The summed E-state index contributed by atoms with van der Waals surface area (Å²) in [6.45, 7) is 0.390. The van der Waals surface area contributed by atoms with Gasteiger partial charge in [-0.25, -0.2) is 19.0 Å². The molecule has 0 bridgehead atoms. The second-order valence-electron chi connectivity index (χ2n) is 6.78. The fourth-order valence-electron chi connectivity index (χ4n) is 3.54. The Kier molecular flexibility index (Phi) is 5.54. The summed E-state index contributed by atoms with van der Waals surface area (Å²) in [7, 11) is 1.30. The molecular weight excluding hydrogens is 455 g/mol. The number of carbonyl (C=O) groups excluding carboxylic acids is 2. The van der Waals surface area contributed by atoms with E-state index in [4.69, 9.17) is 0 Å². The van der Waals surface area contributed by atoms with Crippen LogP contribution in [0.3, 0.4) is 0 Å². The van der Waals surface area contributed by atoms with Gasteiger partial charge in [-0.15, -0.1) is 0 Å². The Morgan fingerprint density at radius 3 is 2.73 bits per heavy atom. The minimum atomic E-state index is -0.664. The Labute approximate surface area is 180 Å². The van der Waals surface area contributed by atoms with Gasteiger partial charge in [-0.3, -0.25) is 0 Å². The molecule has 154 valence electrons. The van der Waals surface area contributed by atoms with Crippen molar-refractivity contribution in [2.45, 2.75) is 12.5 Å². The summed E-state index contributed by atoms with van der Waals surface area (Å²) in [5, 5.41) is 2.81. The normalized spacial score (nSPS) is 15.4. The number of rotatable bonds is 3. The van der Waals surface area contributed by atoms with E-state index in [2.05, 4.69) is 36.0 Å². The molecule has 1 atom stereocenters. The number of fused-ring (bicyclic) bond motifs is 1. The third-order valence-electron chi connectivity index (χ3n) is 5.00. The first-order valence-corrected chi connectivity index (χ1v) is 10.0. The molecule has 0 saturated carbocycles. The first kappa shape index (κ1) is 20.1. The third kappa shape index (κ3) is 3.80. The zero-order valence-electron chi connectivity index (χ0n) is 16.0. The molecule has 0 saturated heterocycles. The van der Waals surface area contributed by atoms with Gasteiger partial charge < -0.3 is 19.9 Å². The fraction of sp³-hybridized carbons (Fsp3) is 0.190. The SMILES string of the molecule is COC(=O)c1ccc(NC(=O)N2CCc3[nH]cnc3C2c2ccc(Br)cc2F)cc1. The molecular formula is C21H18BrFN4O3. The number of esters is 1. The average Bonchev–Trinajstić information content (AvgIpc) is 3.22. The molecule has 0 radical (unpaired) electrons. The summed E-state index contributed by atoms with van der Waals surface area (Å²) >= 11 is 3.27. The molecule has 3 aromatic rings. The molecule has 2 N–H and O–H groups in total. The molecule has 9 heteroatoms. The molecule has 4 rings (SSSR count). The number of imidazole rings is 1. The summed E-state index contributed by atoms with van der Waals surface area (Å²) in [6, 6.07) is 10.1. The van der Waals surface area contributed by atoms with Crippen LogP contribution < -0.4 is 5.32 Å². The van der Waals surface area contributed by atoms with Gasteiger partial charge in [0.15, 0.2) is 0 Å². The van der Waals surface area contributed by atoms with Crippen LogP contribution in [0.5, 0.6) is 0 Å². The number of aromatic nitrogens is 2. The van der Waals surface area contributed by atoms with Gasteiger partial charge in [0.25, 0.3) is 0 Å². The number of ether oxygens (including phenoxy) is 1. The number of carbonyl (C=O) groups is 2. The van der Waals surface area contributed by atoms with Crippen LogP contribution in [0.15, 0.2) is 53.3 Å². The van der Waals surface area contributed by atoms with Crippen LogP contribution in [-0.2, 0) is 11.2 Å². The molecule has 0 aliphatic carbocycles. The monoisotopic (exact) mass is 472 g/mol. The van der Waals surface area contributed by atoms with Crippen molar-refractivity contribution < 1.29 is 18.7 Å². The number of methoxy groups -OCH3 is 1. The second-order valence-corrected chi connectivity index (χ2v) is 7.69. The molecule has 1 aliphatic rings. The van der Waals surface area contributed by atoms with E-state index in [1.807, 2.05) is 0 Å². The van der Waals surface area contributed by atoms with Gasteiger partial charge in [-0.2, -0.15) is 0 Å². The summed E-state index contributed by atoms with van der Waals surface area (Å²) in [6.07, 6.45) is 2.14. The molecule has 1 aliphatic heterocycles. The van der Waals surface area contributed by atoms with Crippen LogP contribution in [0.4, 0.5) is 14.9 Å². The number of aromatic amines is 1. The number of urea groups is 1. The highest BCUT2D eigenvalue weighted by atomic mass is 79.9. The summed E-state index contributed by atoms with van der Waals surface area (Å²) < 4.78 is 20.1. The Morgan fingerprint density at radius 1 is 1.27 bits per heavy atom. The molecule has 0 fully saturated rings. The van der Waals surface area contributed by atoms with Crippen molar-refractivity contribution in [3.63, 3.8) is 0 Å². The number of amides is 2. The Morgan fingerprint density at radius 2 is 2.03 bits per heavy atom. The Bertz CT molecular complexity index is 1100. The van der Waals surface area contributed by atoms with Gasteiger partial charge in [-0.1, -0.05) is 22.0 Å². The minimum absolute atomic E-state index is 0.363. The van der Waals surface area contributed by atoms with Gasteiger partial charge in [0.1, 0.15) is 11.9 Å². The number of hydrogen-bond donors (Lipinski definition) is 2. The highest BCUT2D eigenvalue weighted by Gasteiger charge is 2.35. The zero-order chi connectivity index (χ0) is 21.3. The maximum Gasteiger partial charge on any atom is 0.337 e. The van der Waals surface area contributed by atoms with E-state index in [1.54, 1.807) is 47.6 Å². The van der Waals surface area contributed by atoms with Crippen molar-refractivity contribution in [1.82, 2.24) is 14.9 Å². The standard InChI is InChI=1S/C21H18BrFN4O3/c1-30-20(28)12-2-5-14(6-3-12)26-21(29)27-9-8-17-18(25-11-24-17)19(27)15-7-4-13(22)10-16(15)23/h2-7,10-11,19H,8-9H2,1H3,(H,24,25)(H,26,29). The van der Waals surface area contributed by atoms with Gasteiger partial charge in [0.2, 0.25) is 0 Å². The van der Waals surface area contributed by atoms with Crippen LogP contribution >= 0.6 is 15.9 Å². The molecule has 2 amide bonds. The van der Waals surface area contributed by atoms with Crippen molar-refractivity contribution in [1.29, 1.82) is 0 Å². The number of anilines is 1. The van der Waals surface area contributed by atoms with E-state index < -0.39 is 17.8 Å². The van der Waals surface area contributed by atoms with Gasteiger partial charge in [0.05, 0.1) is 24.7 Å². The van der Waals surface area contributed by atoms with Crippen LogP contribution in [0.2, 0.25) is 0 Å². The number of H-pyrrole nitrogens is 1. The third-order valence-corrected chi connectivity index (χ3v) is 5.49. The molecule has 2 heterocycles. The van der Waals surface area contributed by atoms with E-state index in [9.17, 15) is 14.0 Å². The largest absolute Gasteiger partial charge is 0.465 e. The van der Waals surface area contributed by atoms with Crippen molar-refractivity contribution in [3.8, 4) is 0 Å². The molecule has 1 unspecified atom stereocenters. The fourth-order valence-corrected chi connectivity index (χ4v) is 3.87. The first-order valence-electron chi connectivity index (χ1n) is 9.21. The number of hydrogen-bond acceptors (Lipinski definition) is 4. The quantitative estimate of drug-likeness (QED) is 0.557. The van der Waals surface area contributed by atoms with Gasteiger partial charge >= 0.3 is 12.0 Å². The maximum atomic E-state index is 14.8. The molecule has 2 aromatic carbocycles. The maximum absolute atomic E-state index is 14.8. The van der Waals surface area contributed by atoms with Crippen LogP contribution in [0.1, 0.15) is 33.4 Å². The predicted octanol–water partition coefficient (Wildman–Crippen LogP) is 4.28. The topological polar surface area (TPSA) is 87.3 Å². The summed E-state index contributed by atoms with van der Waals surface area (Å²) in [4.78, 5) is 33.6. The van der Waals surface area contributed by atoms with E-state index in [1.165, 1.54) is 13.2 Å². The number of nitrogens with zero attached hydrogens (tertiary/aromatic N) is 2. The van der Waals surface area contributed by atoms with Gasteiger partial charge in [-0.05, 0) is 36.4 Å².